The fourth-order valence-electron chi connectivity index (χ4n) is 3.74. The Hall–Kier alpha value is -2.61. The third kappa shape index (κ3) is 4.44. The van der Waals surface area contributed by atoms with E-state index in [0.717, 1.165) is 34.7 Å². The van der Waals surface area contributed by atoms with Crippen LogP contribution in [0.2, 0.25) is 0 Å². The third-order valence-electron chi connectivity index (χ3n) is 5.20. The van der Waals surface area contributed by atoms with Gasteiger partial charge in [0, 0.05) is 29.6 Å². The lowest BCUT2D eigenvalue weighted by Gasteiger charge is -2.26. The molecule has 1 aliphatic carbocycles. The quantitative estimate of drug-likeness (QED) is 0.726. The molecule has 0 bridgehead atoms. The van der Waals surface area contributed by atoms with E-state index in [1.165, 1.54) is 24.2 Å². The summed E-state index contributed by atoms with van der Waals surface area (Å²) in [6, 6.07) is 7.73. The first-order chi connectivity index (χ1) is 13.6. The molecule has 0 radical (unpaired) electrons. The maximum absolute atomic E-state index is 12.6. The number of rotatable bonds is 3. The molecule has 0 atom stereocenters. The van der Waals surface area contributed by atoms with Gasteiger partial charge in [-0.15, -0.1) is 0 Å². The zero-order chi connectivity index (χ0) is 19.5. The molecular weight excluding hydrogens is 374 g/mol. The molecule has 1 saturated carbocycles. The van der Waals surface area contributed by atoms with Crippen LogP contribution in [0.15, 0.2) is 24.3 Å². The van der Waals surface area contributed by atoms with Crippen LogP contribution in [0.25, 0.3) is 0 Å². The summed E-state index contributed by atoms with van der Waals surface area (Å²) >= 11 is 1.45. The summed E-state index contributed by atoms with van der Waals surface area (Å²) in [6.07, 6.45) is 5.15. The maximum Gasteiger partial charge on any atom is 0.322 e. The number of hydrogen-bond acceptors (Lipinski definition) is 4. The van der Waals surface area contributed by atoms with Gasteiger partial charge in [0.15, 0.2) is 5.13 Å². The minimum Gasteiger partial charge on any atom is -0.335 e. The number of urea groups is 2. The van der Waals surface area contributed by atoms with Crippen molar-refractivity contribution >= 4 is 34.2 Å². The van der Waals surface area contributed by atoms with Crippen molar-refractivity contribution in [2.24, 2.45) is 0 Å². The summed E-state index contributed by atoms with van der Waals surface area (Å²) in [7, 11) is 0. The molecule has 0 unspecified atom stereocenters. The Balaban J connectivity index is 1.34. The molecule has 0 saturated heterocycles. The average molecular weight is 400 g/mol. The van der Waals surface area contributed by atoms with E-state index < -0.39 is 0 Å². The van der Waals surface area contributed by atoms with Gasteiger partial charge in [-0.25, -0.2) is 14.6 Å². The largest absolute Gasteiger partial charge is 0.335 e. The summed E-state index contributed by atoms with van der Waals surface area (Å²) in [6.45, 7) is 3.12. The molecule has 2 aliphatic rings. The number of aryl methyl sites for hydroxylation is 1. The van der Waals surface area contributed by atoms with Crippen LogP contribution in [0.3, 0.4) is 0 Å². The second-order valence-corrected chi connectivity index (χ2v) is 8.52. The summed E-state index contributed by atoms with van der Waals surface area (Å²) < 4.78 is 0. The third-order valence-corrected chi connectivity index (χ3v) is 6.20. The molecule has 8 heteroatoms. The Morgan fingerprint density at radius 3 is 2.82 bits per heavy atom. The lowest BCUT2D eigenvalue weighted by atomic mass is 10.2. The predicted molar refractivity (Wildman–Crippen MR) is 111 cm³/mol. The average Bonchev–Trinajstić information content (AvgIpc) is 3.29. The number of hydrogen-bond donors (Lipinski definition) is 3. The van der Waals surface area contributed by atoms with E-state index in [1.807, 2.05) is 31.2 Å². The van der Waals surface area contributed by atoms with Crippen LogP contribution in [0, 0.1) is 6.92 Å². The first kappa shape index (κ1) is 18.7. The van der Waals surface area contributed by atoms with Gasteiger partial charge in [-0.1, -0.05) is 36.3 Å². The molecule has 148 valence electrons. The fourth-order valence-corrected chi connectivity index (χ4v) is 4.76. The molecular formula is C20H25N5O2S. The molecule has 1 fully saturated rings. The lowest BCUT2D eigenvalue weighted by molar-refractivity contribution is 0.207. The van der Waals surface area contributed by atoms with Crippen molar-refractivity contribution in [3.8, 4) is 0 Å². The topological polar surface area (TPSA) is 86.4 Å². The van der Waals surface area contributed by atoms with Crippen molar-refractivity contribution in [1.29, 1.82) is 0 Å². The highest BCUT2D eigenvalue weighted by molar-refractivity contribution is 7.15. The zero-order valence-corrected chi connectivity index (χ0v) is 16.8. The van der Waals surface area contributed by atoms with Crippen LogP contribution < -0.4 is 16.0 Å². The normalized spacial score (nSPS) is 16.5. The summed E-state index contributed by atoms with van der Waals surface area (Å²) in [4.78, 5) is 32.1. The van der Waals surface area contributed by atoms with E-state index in [4.69, 9.17) is 0 Å². The van der Waals surface area contributed by atoms with Gasteiger partial charge >= 0.3 is 12.1 Å². The van der Waals surface area contributed by atoms with Gasteiger partial charge in [0.1, 0.15) is 0 Å². The highest BCUT2D eigenvalue weighted by Gasteiger charge is 2.25. The molecule has 1 aliphatic heterocycles. The van der Waals surface area contributed by atoms with Crippen LogP contribution in [-0.4, -0.2) is 34.5 Å². The fraction of sp³-hybridized carbons (Fsp3) is 0.450. The van der Waals surface area contributed by atoms with Gasteiger partial charge in [-0.3, -0.25) is 5.32 Å². The van der Waals surface area contributed by atoms with Gasteiger partial charge in [0.2, 0.25) is 0 Å². The van der Waals surface area contributed by atoms with Crippen molar-refractivity contribution in [3.63, 3.8) is 0 Å². The number of nitrogens with zero attached hydrogens (tertiary/aromatic N) is 2. The second kappa shape index (κ2) is 8.18. The molecule has 2 heterocycles. The lowest BCUT2D eigenvalue weighted by Crippen LogP contribution is -2.38. The Labute approximate surface area is 168 Å². The zero-order valence-electron chi connectivity index (χ0n) is 16.0. The van der Waals surface area contributed by atoms with Gasteiger partial charge in [0.05, 0.1) is 12.2 Å². The van der Waals surface area contributed by atoms with E-state index in [1.54, 1.807) is 4.90 Å². The molecule has 28 heavy (non-hydrogen) atoms. The van der Waals surface area contributed by atoms with E-state index in [2.05, 4.69) is 20.9 Å². The summed E-state index contributed by atoms with van der Waals surface area (Å²) in [5, 5.41) is 9.42. The van der Waals surface area contributed by atoms with Crippen molar-refractivity contribution < 1.29 is 9.59 Å². The number of carbonyl (C=O) groups is 2. The molecule has 1 aromatic carbocycles. The monoisotopic (exact) mass is 399 g/mol. The number of aromatic nitrogens is 1. The van der Waals surface area contributed by atoms with Crippen LogP contribution in [0.4, 0.5) is 20.4 Å². The SMILES string of the molecule is Cc1cccc(NC(=O)N2CCc3nc(NC(=O)NC4CCCC4)sc3C2)c1. The number of benzene rings is 1. The van der Waals surface area contributed by atoms with Crippen molar-refractivity contribution in [2.75, 3.05) is 17.2 Å². The van der Waals surface area contributed by atoms with E-state index in [-0.39, 0.29) is 18.1 Å². The number of carbonyl (C=O) groups excluding carboxylic acids is 2. The van der Waals surface area contributed by atoms with Crippen LogP contribution >= 0.6 is 11.3 Å². The first-order valence-electron chi connectivity index (χ1n) is 9.75. The molecule has 0 spiro atoms. The molecule has 4 amide bonds. The van der Waals surface area contributed by atoms with E-state index in [9.17, 15) is 9.59 Å². The van der Waals surface area contributed by atoms with Crippen molar-refractivity contribution in [2.45, 2.75) is 51.6 Å². The van der Waals surface area contributed by atoms with Gasteiger partial charge in [-0.05, 0) is 37.5 Å². The predicted octanol–water partition coefficient (Wildman–Crippen LogP) is 4.11. The number of thiazole rings is 1. The van der Waals surface area contributed by atoms with Crippen LogP contribution in [-0.2, 0) is 13.0 Å². The van der Waals surface area contributed by atoms with Crippen molar-refractivity contribution in [1.82, 2.24) is 15.2 Å². The number of anilines is 2. The number of nitrogens with one attached hydrogen (secondary N) is 3. The Morgan fingerprint density at radius 2 is 2.04 bits per heavy atom. The summed E-state index contributed by atoms with van der Waals surface area (Å²) in [5.41, 5.74) is 2.87. The highest BCUT2D eigenvalue weighted by Crippen LogP contribution is 2.29. The molecule has 1 aromatic heterocycles. The second-order valence-electron chi connectivity index (χ2n) is 7.44. The molecule has 4 rings (SSSR count). The van der Waals surface area contributed by atoms with E-state index in [0.29, 0.717) is 24.6 Å². The summed E-state index contributed by atoms with van der Waals surface area (Å²) in [5.74, 6) is 0. The first-order valence-corrected chi connectivity index (χ1v) is 10.6. The minimum absolute atomic E-state index is 0.113. The Kier molecular flexibility index (Phi) is 5.47. The standard InChI is InChI=1S/C20H25N5O2S/c1-13-5-4-8-15(11-13)22-20(27)25-10-9-16-17(12-25)28-19(23-16)24-18(26)21-14-6-2-3-7-14/h4-5,8,11,14H,2-3,6-7,9-10,12H2,1H3,(H,22,27)(H2,21,23,24,26). The Morgan fingerprint density at radius 1 is 1.21 bits per heavy atom. The van der Waals surface area contributed by atoms with E-state index >= 15 is 0 Å². The van der Waals surface area contributed by atoms with Crippen LogP contribution in [0.1, 0.15) is 41.8 Å². The van der Waals surface area contributed by atoms with Gasteiger partial charge < -0.3 is 15.5 Å². The molecule has 3 N–H and O–H groups in total. The molecule has 7 nitrogen and oxygen atoms in total. The molecule has 2 aromatic rings. The number of fused-ring (bicyclic) bond motifs is 1. The number of amides is 4. The van der Waals surface area contributed by atoms with Crippen molar-refractivity contribution in [3.05, 3.63) is 40.4 Å². The smallest absolute Gasteiger partial charge is 0.322 e. The Bertz CT molecular complexity index is 875. The van der Waals surface area contributed by atoms with Gasteiger partial charge in [0.25, 0.3) is 0 Å². The minimum atomic E-state index is -0.188. The maximum atomic E-state index is 12.6. The van der Waals surface area contributed by atoms with Gasteiger partial charge in [-0.2, -0.15) is 0 Å². The van der Waals surface area contributed by atoms with Crippen LogP contribution in [0.5, 0.6) is 0 Å². The highest BCUT2D eigenvalue weighted by atomic mass is 32.1.